The fraction of sp³-hybridized carbons (Fsp3) is 0.706. The summed E-state index contributed by atoms with van der Waals surface area (Å²) in [5.74, 6) is 0.253. The minimum absolute atomic E-state index is 0.210. The van der Waals surface area contributed by atoms with Gasteiger partial charge in [0.1, 0.15) is 18.8 Å². The highest BCUT2D eigenvalue weighted by molar-refractivity contribution is 5.68. The average Bonchev–Trinajstić information content (AvgIpc) is 2.96. The van der Waals surface area contributed by atoms with Crippen LogP contribution in [0.5, 0.6) is 0 Å². The van der Waals surface area contributed by atoms with Crippen molar-refractivity contribution >= 4 is 11.7 Å². The lowest BCUT2D eigenvalue weighted by Crippen LogP contribution is -2.34. The molecule has 1 fully saturated rings. The molecule has 0 saturated heterocycles. The van der Waals surface area contributed by atoms with Gasteiger partial charge in [-0.15, -0.1) is 0 Å². The van der Waals surface area contributed by atoms with Crippen molar-refractivity contribution in [3.8, 4) is 0 Å². The molecule has 1 atom stereocenters. The van der Waals surface area contributed by atoms with Gasteiger partial charge in [-0.05, 0) is 18.8 Å². The predicted molar refractivity (Wildman–Crippen MR) is 85.9 cm³/mol. The van der Waals surface area contributed by atoms with Crippen LogP contribution in [-0.4, -0.2) is 26.8 Å². The predicted octanol–water partition coefficient (Wildman–Crippen LogP) is 3.68. The third kappa shape index (κ3) is 4.42. The fourth-order valence-corrected chi connectivity index (χ4v) is 3.01. The van der Waals surface area contributed by atoms with Gasteiger partial charge in [-0.2, -0.15) is 5.10 Å². The summed E-state index contributed by atoms with van der Waals surface area (Å²) >= 11 is 0. The average molecular weight is 305 g/mol. The molecule has 0 amide bonds. The highest BCUT2D eigenvalue weighted by Gasteiger charge is 2.33. The largest absolute Gasteiger partial charge is 0.455 e. The Hall–Kier alpha value is -1.65. The molecule has 1 saturated carbocycles. The van der Waals surface area contributed by atoms with E-state index in [1.165, 1.54) is 45.4 Å². The Labute approximate surface area is 132 Å². The quantitative estimate of drug-likeness (QED) is 0.796. The third-order valence-corrected chi connectivity index (χ3v) is 4.08. The fourth-order valence-electron chi connectivity index (χ4n) is 3.01. The van der Waals surface area contributed by atoms with E-state index in [9.17, 15) is 4.79 Å². The lowest BCUT2D eigenvalue weighted by molar-refractivity contribution is -0.148. The van der Waals surface area contributed by atoms with Crippen LogP contribution in [0.2, 0.25) is 0 Å². The van der Waals surface area contributed by atoms with Crippen molar-refractivity contribution in [2.45, 2.75) is 65.9 Å². The normalized spacial score (nSPS) is 19.0. The van der Waals surface area contributed by atoms with Crippen molar-refractivity contribution in [2.24, 2.45) is 11.3 Å². The van der Waals surface area contributed by atoms with Gasteiger partial charge >= 0.3 is 5.97 Å². The lowest BCUT2D eigenvalue weighted by atomic mass is 9.83. The Morgan fingerprint density at radius 2 is 2.00 bits per heavy atom. The molecule has 5 heteroatoms. The zero-order chi connectivity index (χ0) is 16.2. The van der Waals surface area contributed by atoms with Gasteiger partial charge in [-0.1, -0.05) is 46.1 Å². The Bertz CT molecular complexity index is 509. The first-order valence-corrected chi connectivity index (χ1v) is 8.12. The van der Waals surface area contributed by atoms with Gasteiger partial charge in [0.2, 0.25) is 0 Å². The van der Waals surface area contributed by atoms with E-state index >= 15 is 0 Å². The van der Waals surface area contributed by atoms with E-state index in [1.807, 2.05) is 0 Å². The van der Waals surface area contributed by atoms with Gasteiger partial charge in [0.15, 0.2) is 0 Å². The summed E-state index contributed by atoms with van der Waals surface area (Å²) in [5.41, 5.74) is 0.713. The Morgan fingerprint density at radius 1 is 1.32 bits per heavy atom. The smallest absolute Gasteiger partial charge is 0.303 e. The molecule has 0 spiro atoms. The van der Waals surface area contributed by atoms with Crippen LogP contribution in [0.3, 0.4) is 0 Å². The van der Waals surface area contributed by atoms with Crippen LogP contribution in [0.15, 0.2) is 18.7 Å². The second-order valence-corrected chi connectivity index (χ2v) is 7.19. The van der Waals surface area contributed by atoms with Crippen molar-refractivity contribution in [3.05, 3.63) is 18.7 Å². The van der Waals surface area contributed by atoms with Crippen molar-refractivity contribution < 1.29 is 9.53 Å². The highest BCUT2D eigenvalue weighted by Crippen LogP contribution is 2.34. The number of ether oxygens (including phenoxy) is 1. The molecule has 0 radical (unpaired) electrons. The van der Waals surface area contributed by atoms with E-state index < -0.39 is 0 Å². The van der Waals surface area contributed by atoms with Crippen LogP contribution in [0.4, 0.5) is 0 Å². The summed E-state index contributed by atoms with van der Waals surface area (Å²) in [6.07, 6.45) is 11.3. The van der Waals surface area contributed by atoms with Crippen molar-refractivity contribution in [1.82, 2.24) is 14.8 Å². The number of esters is 1. The number of aromatic nitrogens is 3. The minimum atomic E-state index is -0.339. The number of hydrogen-bond donors (Lipinski definition) is 0. The first kappa shape index (κ1) is 16.7. The Morgan fingerprint density at radius 3 is 2.50 bits per heavy atom. The van der Waals surface area contributed by atoms with Crippen LogP contribution in [-0.2, 0) is 9.53 Å². The van der Waals surface area contributed by atoms with Gasteiger partial charge in [-0.25, -0.2) is 9.67 Å². The maximum absolute atomic E-state index is 11.6. The Balaban J connectivity index is 2.36. The summed E-state index contributed by atoms with van der Waals surface area (Å²) in [6, 6.07) is 0. The second-order valence-electron chi connectivity index (χ2n) is 7.19. The maximum Gasteiger partial charge on any atom is 0.303 e. The molecule has 1 unspecified atom stereocenters. The van der Waals surface area contributed by atoms with Crippen LogP contribution >= 0.6 is 0 Å². The number of carbonyl (C=O) groups is 1. The molecule has 122 valence electrons. The molecule has 22 heavy (non-hydrogen) atoms. The monoisotopic (exact) mass is 305 g/mol. The topological polar surface area (TPSA) is 57.0 Å². The summed E-state index contributed by atoms with van der Waals surface area (Å²) in [5, 5.41) is 4.27. The first-order valence-electron chi connectivity index (χ1n) is 8.12. The molecule has 2 rings (SSSR count). The summed E-state index contributed by atoms with van der Waals surface area (Å²) < 4.78 is 7.39. The summed E-state index contributed by atoms with van der Waals surface area (Å²) in [4.78, 5) is 15.6. The van der Waals surface area contributed by atoms with E-state index in [2.05, 4.69) is 36.9 Å². The van der Waals surface area contributed by atoms with Crippen LogP contribution in [0.25, 0.3) is 5.70 Å². The molecule has 1 heterocycles. The van der Waals surface area contributed by atoms with Gasteiger partial charge in [0.25, 0.3) is 0 Å². The Kier molecular flexibility index (Phi) is 5.37. The van der Waals surface area contributed by atoms with Crippen molar-refractivity contribution in [3.63, 3.8) is 0 Å². The van der Waals surface area contributed by atoms with E-state index in [-0.39, 0.29) is 17.5 Å². The summed E-state index contributed by atoms with van der Waals surface area (Å²) in [7, 11) is 0. The van der Waals surface area contributed by atoms with E-state index in [1.54, 1.807) is 11.0 Å². The van der Waals surface area contributed by atoms with Crippen molar-refractivity contribution in [2.75, 3.05) is 0 Å². The molecule has 0 aromatic carbocycles. The molecule has 1 aliphatic carbocycles. The molecule has 0 N–H and O–H groups in total. The second kappa shape index (κ2) is 7.07. The van der Waals surface area contributed by atoms with Gasteiger partial charge in [0, 0.05) is 12.3 Å². The van der Waals surface area contributed by atoms with Gasteiger partial charge in [-0.3, -0.25) is 4.79 Å². The molecule has 1 aromatic rings. The van der Waals surface area contributed by atoms with Gasteiger partial charge < -0.3 is 4.74 Å². The number of hydrogen-bond acceptors (Lipinski definition) is 4. The SMILES string of the molecule is CC(=O)OC(C(=CC1CCCCC1)n1cncn1)C(C)(C)C. The van der Waals surface area contributed by atoms with E-state index in [0.717, 1.165) is 5.70 Å². The minimum Gasteiger partial charge on any atom is -0.455 e. The van der Waals surface area contributed by atoms with Crippen LogP contribution in [0, 0.1) is 11.3 Å². The number of carbonyl (C=O) groups excluding carboxylic acids is 1. The standard InChI is InChI=1S/C17H27N3O2/c1-13(21)22-16(17(2,3)4)15(20-12-18-11-19-20)10-14-8-6-5-7-9-14/h10-12,14,16H,5-9H2,1-4H3. The zero-order valence-electron chi connectivity index (χ0n) is 14.1. The molecule has 0 bridgehead atoms. The van der Waals surface area contributed by atoms with Crippen LogP contribution < -0.4 is 0 Å². The first-order chi connectivity index (χ1) is 10.4. The lowest BCUT2D eigenvalue weighted by Gasteiger charge is -2.32. The van der Waals surface area contributed by atoms with Crippen LogP contribution in [0.1, 0.15) is 59.8 Å². The van der Waals surface area contributed by atoms with E-state index in [4.69, 9.17) is 4.74 Å². The maximum atomic E-state index is 11.6. The van der Waals surface area contributed by atoms with E-state index in [0.29, 0.717) is 5.92 Å². The molecule has 0 aliphatic heterocycles. The van der Waals surface area contributed by atoms with Gasteiger partial charge in [0.05, 0.1) is 5.70 Å². The number of allylic oxidation sites excluding steroid dienone is 1. The molecule has 1 aliphatic rings. The van der Waals surface area contributed by atoms with Crippen molar-refractivity contribution in [1.29, 1.82) is 0 Å². The molecular formula is C17H27N3O2. The molecule has 1 aromatic heterocycles. The highest BCUT2D eigenvalue weighted by atomic mass is 16.5. The molecule has 5 nitrogen and oxygen atoms in total. The number of rotatable bonds is 4. The number of nitrogens with zero attached hydrogens (tertiary/aromatic N) is 3. The molecular weight excluding hydrogens is 278 g/mol. The summed E-state index contributed by atoms with van der Waals surface area (Å²) in [6.45, 7) is 7.68. The zero-order valence-corrected chi connectivity index (χ0v) is 14.1. The third-order valence-electron chi connectivity index (χ3n) is 4.08.